The Hall–Kier alpha value is -2.48. The minimum absolute atomic E-state index is 0.0869. The lowest BCUT2D eigenvalue weighted by Gasteiger charge is -2.04. The molecule has 0 fully saturated rings. The van der Waals surface area contributed by atoms with Crippen molar-refractivity contribution in [1.29, 1.82) is 0 Å². The van der Waals surface area contributed by atoms with Gasteiger partial charge in [0.25, 0.3) is 11.5 Å². The first-order valence-electron chi connectivity index (χ1n) is 6.56. The first-order valence-corrected chi connectivity index (χ1v) is 7.44. The molecule has 0 aliphatic rings. The number of ether oxygens (including phenoxy) is 1. The molecule has 3 N–H and O–H groups in total. The highest BCUT2D eigenvalue weighted by molar-refractivity contribution is 7.10. The lowest BCUT2D eigenvalue weighted by Crippen LogP contribution is -2.24. The largest absolute Gasteiger partial charge is 0.466 e. The summed E-state index contributed by atoms with van der Waals surface area (Å²) in [4.78, 5) is 41.3. The van der Waals surface area contributed by atoms with Crippen molar-refractivity contribution in [1.82, 2.24) is 9.97 Å². The van der Waals surface area contributed by atoms with Crippen LogP contribution in [0.5, 0.6) is 0 Å². The second-order valence-electron chi connectivity index (χ2n) is 4.52. The van der Waals surface area contributed by atoms with Crippen LogP contribution in [-0.4, -0.2) is 28.5 Å². The maximum Gasteiger partial charge on any atom is 0.312 e. The highest BCUT2D eigenvalue weighted by Gasteiger charge is 2.15. The van der Waals surface area contributed by atoms with Crippen LogP contribution in [0.15, 0.2) is 16.2 Å². The quantitative estimate of drug-likeness (QED) is 0.798. The van der Waals surface area contributed by atoms with Gasteiger partial charge in [-0.05, 0) is 19.9 Å². The number of aryl methyl sites for hydroxylation is 1. The SMILES string of the molecule is CCOC(=O)Cc1nc(-c2cc(C(N)=O)c(=O)[nH]c2C)cs1. The minimum Gasteiger partial charge on any atom is -0.466 e. The molecule has 2 heterocycles. The van der Waals surface area contributed by atoms with Gasteiger partial charge >= 0.3 is 5.97 Å². The van der Waals surface area contributed by atoms with E-state index >= 15 is 0 Å². The van der Waals surface area contributed by atoms with Crippen molar-refractivity contribution < 1.29 is 14.3 Å². The molecule has 0 bridgehead atoms. The molecule has 116 valence electrons. The van der Waals surface area contributed by atoms with Gasteiger partial charge in [-0.25, -0.2) is 4.98 Å². The summed E-state index contributed by atoms with van der Waals surface area (Å²) in [6.07, 6.45) is 0.0869. The minimum atomic E-state index is -0.801. The summed E-state index contributed by atoms with van der Waals surface area (Å²) < 4.78 is 4.87. The summed E-state index contributed by atoms with van der Waals surface area (Å²) >= 11 is 1.31. The van der Waals surface area contributed by atoms with E-state index in [0.29, 0.717) is 28.6 Å². The Kier molecular flexibility index (Phi) is 4.71. The van der Waals surface area contributed by atoms with Crippen molar-refractivity contribution in [3.05, 3.63) is 38.1 Å². The number of nitrogens with one attached hydrogen (secondary N) is 1. The van der Waals surface area contributed by atoms with E-state index < -0.39 is 11.5 Å². The van der Waals surface area contributed by atoms with Gasteiger partial charge in [-0.1, -0.05) is 0 Å². The summed E-state index contributed by atoms with van der Waals surface area (Å²) in [5.74, 6) is -1.15. The number of hydrogen-bond acceptors (Lipinski definition) is 6. The normalized spacial score (nSPS) is 10.5. The molecule has 0 saturated heterocycles. The molecule has 0 atom stereocenters. The number of carbonyl (C=O) groups excluding carboxylic acids is 2. The number of carbonyl (C=O) groups is 2. The van der Waals surface area contributed by atoms with Crippen LogP contribution in [0, 0.1) is 6.92 Å². The van der Waals surface area contributed by atoms with E-state index in [1.165, 1.54) is 17.4 Å². The molecule has 2 aromatic heterocycles. The molecular weight excluding hydrogens is 306 g/mol. The number of rotatable bonds is 5. The molecule has 0 saturated carbocycles. The van der Waals surface area contributed by atoms with E-state index in [1.54, 1.807) is 19.2 Å². The van der Waals surface area contributed by atoms with Crippen LogP contribution < -0.4 is 11.3 Å². The average molecular weight is 321 g/mol. The van der Waals surface area contributed by atoms with Crippen LogP contribution in [0.1, 0.15) is 28.0 Å². The van der Waals surface area contributed by atoms with E-state index in [2.05, 4.69) is 9.97 Å². The number of esters is 1. The maximum atomic E-state index is 11.7. The highest BCUT2D eigenvalue weighted by atomic mass is 32.1. The number of primary amides is 1. The van der Waals surface area contributed by atoms with Gasteiger partial charge in [0.05, 0.1) is 18.7 Å². The number of hydrogen-bond donors (Lipinski definition) is 2. The standard InChI is InChI=1S/C14H15N3O4S/c1-3-21-12(18)5-11-17-10(6-22-11)8-4-9(13(15)19)14(20)16-7(8)2/h4,6H,3,5H2,1-2H3,(H2,15,19)(H,16,20). The summed E-state index contributed by atoms with van der Waals surface area (Å²) in [7, 11) is 0. The third-order valence-electron chi connectivity index (χ3n) is 2.93. The van der Waals surface area contributed by atoms with E-state index in [0.717, 1.165) is 0 Å². The Bertz CT molecular complexity index is 779. The predicted octanol–water partition coefficient (Wildman–Crippen LogP) is 1.01. The Morgan fingerprint density at radius 2 is 2.18 bits per heavy atom. The maximum absolute atomic E-state index is 11.7. The molecule has 7 nitrogen and oxygen atoms in total. The molecule has 0 spiro atoms. The Morgan fingerprint density at radius 1 is 1.45 bits per heavy atom. The molecule has 0 unspecified atom stereocenters. The number of amides is 1. The predicted molar refractivity (Wildman–Crippen MR) is 81.8 cm³/mol. The third kappa shape index (κ3) is 3.40. The van der Waals surface area contributed by atoms with Crippen LogP contribution in [0.3, 0.4) is 0 Å². The van der Waals surface area contributed by atoms with E-state index in [1.807, 2.05) is 0 Å². The molecule has 0 aliphatic carbocycles. The van der Waals surface area contributed by atoms with Gasteiger partial charge in [-0.2, -0.15) is 0 Å². The van der Waals surface area contributed by atoms with Crippen molar-refractivity contribution in [3.63, 3.8) is 0 Å². The van der Waals surface area contributed by atoms with Crippen molar-refractivity contribution in [3.8, 4) is 11.3 Å². The molecule has 2 aromatic rings. The Labute approximate surface area is 130 Å². The number of H-pyrrole nitrogens is 1. The fourth-order valence-electron chi connectivity index (χ4n) is 1.92. The molecule has 2 rings (SSSR count). The monoisotopic (exact) mass is 321 g/mol. The molecular formula is C14H15N3O4S. The number of nitrogens with zero attached hydrogens (tertiary/aromatic N) is 1. The van der Waals surface area contributed by atoms with Gasteiger partial charge in [0.1, 0.15) is 10.6 Å². The summed E-state index contributed by atoms with van der Waals surface area (Å²) in [6.45, 7) is 3.75. The molecule has 0 aliphatic heterocycles. The fourth-order valence-corrected chi connectivity index (χ4v) is 2.70. The number of aromatic amines is 1. The first kappa shape index (κ1) is 15.9. The topological polar surface area (TPSA) is 115 Å². The van der Waals surface area contributed by atoms with Crippen molar-refractivity contribution in [2.75, 3.05) is 6.61 Å². The highest BCUT2D eigenvalue weighted by Crippen LogP contribution is 2.24. The summed E-state index contributed by atoms with van der Waals surface area (Å²) in [5.41, 5.74) is 6.26. The van der Waals surface area contributed by atoms with Crippen LogP contribution in [0.25, 0.3) is 11.3 Å². The van der Waals surface area contributed by atoms with Gasteiger partial charge < -0.3 is 15.5 Å². The van der Waals surface area contributed by atoms with Crippen LogP contribution in [0.4, 0.5) is 0 Å². The lowest BCUT2D eigenvalue weighted by molar-refractivity contribution is -0.142. The number of nitrogens with two attached hydrogens (primary N) is 1. The number of thiazole rings is 1. The molecule has 22 heavy (non-hydrogen) atoms. The Balaban J connectivity index is 2.35. The van der Waals surface area contributed by atoms with Crippen molar-refractivity contribution in [2.24, 2.45) is 5.73 Å². The molecule has 0 radical (unpaired) electrons. The molecule has 0 aromatic carbocycles. The zero-order chi connectivity index (χ0) is 16.3. The zero-order valence-electron chi connectivity index (χ0n) is 12.1. The van der Waals surface area contributed by atoms with Gasteiger partial charge in [-0.3, -0.25) is 14.4 Å². The van der Waals surface area contributed by atoms with Gasteiger partial charge in [-0.15, -0.1) is 11.3 Å². The fraction of sp³-hybridized carbons (Fsp3) is 0.286. The van der Waals surface area contributed by atoms with E-state index in [-0.39, 0.29) is 18.0 Å². The van der Waals surface area contributed by atoms with Crippen molar-refractivity contribution >= 4 is 23.2 Å². The summed E-state index contributed by atoms with van der Waals surface area (Å²) in [6, 6.07) is 1.42. The zero-order valence-corrected chi connectivity index (χ0v) is 13.0. The van der Waals surface area contributed by atoms with Gasteiger partial charge in [0.15, 0.2) is 0 Å². The van der Waals surface area contributed by atoms with E-state index in [4.69, 9.17) is 10.5 Å². The molecule has 8 heteroatoms. The number of pyridine rings is 1. The second kappa shape index (κ2) is 6.52. The molecule has 1 amide bonds. The lowest BCUT2D eigenvalue weighted by atomic mass is 10.1. The van der Waals surface area contributed by atoms with Crippen molar-refractivity contribution in [2.45, 2.75) is 20.3 Å². The van der Waals surface area contributed by atoms with Gasteiger partial charge in [0, 0.05) is 16.6 Å². The van der Waals surface area contributed by atoms with E-state index in [9.17, 15) is 14.4 Å². The number of aromatic nitrogens is 2. The smallest absolute Gasteiger partial charge is 0.312 e. The summed E-state index contributed by atoms with van der Waals surface area (Å²) in [5, 5.41) is 2.35. The first-order chi connectivity index (χ1) is 10.4. The average Bonchev–Trinajstić information content (AvgIpc) is 2.86. The second-order valence-corrected chi connectivity index (χ2v) is 5.47. The Morgan fingerprint density at radius 3 is 2.82 bits per heavy atom. The van der Waals surface area contributed by atoms with Crippen LogP contribution in [0.2, 0.25) is 0 Å². The van der Waals surface area contributed by atoms with Crippen LogP contribution in [-0.2, 0) is 16.0 Å². The third-order valence-corrected chi connectivity index (χ3v) is 3.78. The van der Waals surface area contributed by atoms with Crippen LogP contribution >= 0.6 is 11.3 Å². The van der Waals surface area contributed by atoms with Gasteiger partial charge in [0.2, 0.25) is 0 Å².